The third-order valence-electron chi connectivity index (χ3n) is 5.03. The number of rotatable bonds is 12. The number of nitrogens with one attached hydrogen (secondary N) is 1. The van der Waals surface area contributed by atoms with E-state index in [9.17, 15) is 14.2 Å². The Morgan fingerprint density at radius 3 is 2.72 bits per heavy atom. The normalized spacial score (nSPS) is 20.9. The molecule has 1 aliphatic rings. The van der Waals surface area contributed by atoms with E-state index in [1.807, 2.05) is 6.92 Å². The highest BCUT2D eigenvalue weighted by molar-refractivity contribution is 9.10. The van der Waals surface area contributed by atoms with Gasteiger partial charge in [-0.25, -0.2) is 9.36 Å². The molecule has 0 saturated carbocycles. The zero-order chi connectivity index (χ0) is 26.3. The highest BCUT2D eigenvalue weighted by Gasteiger charge is 2.36. The van der Waals surface area contributed by atoms with Crippen molar-refractivity contribution in [1.82, 2.24) is 14.6 Å². The van der Waals surface area contributed by atoms with Gasteiger partial charge in [0.1, 0.15) is 24.2 Å². The average Bonchev–Trinajstić information content (AvgIpc) is 3.28. The third kappa shape index (κ3) is 8.12. The number of hydrogen-bond donors (Lipinski definition) is 2. The molecule has 5 atom stereocenters. The van der Waals surface area contributed by atoms with Crippen LogP contribution in [0.25, 0.3) is 0 Å². The van der Waals surface area contributed by atoms with E-state index in [4.69, 9.17) is 29.0 Å². The van der Waals surface area contributed by atoms with Gasteiger partial charge in [-0.3, -0.25) is 13.9 Å². The molecule has 0 bridgehead atoms. The summed E-state index contributed by atoms with van der Waals surface area (Å²) in [4.78, 5) is 28.2. The second kappa shape index (κ2) is 12.8. The van der Waals surface area contributed by atoms with Crippen LogP contribution in [0.15, 0.2) is 45.8 Å². The van der Waals surface area contributed by atoms with Crippen LogP contribution in [0.3, 0.4) is 0 Å². The molecule has 12 nitrogen and oxygen atoms in total. The quantitative estimate of drug-likeness (QED) is 0.277. The Morgan fingerprint density at radius 2 is 2.06 bits per heavy atom. The van der Waals surface area contributed by atoms with Gasteiger partial charge in [-0.1, -0.05) is 29.3 Å². The molecule has 2 aromatic rings. The van der Waals surface area contributed by atoms with Crippen molar-refractivity contribution in [2.75, 3.05) is 18.9 Å². The summed E-state index contributed by atoms with van der Waals surface area (Å²) in [7, 11) is -4.11. The third-order valence-corrected chi connectivity index (χ3v) is 7.21. The lowest BCUT2D eigenvalue weighted by molar-refractivity contribution is -0.150. The molecule has 0 spiro atoms. The number of ether oxygens (including phenoxy) is 3. The number of nitrogens with zero attached hydrogens (tertiary/aromatic N) is 2. The largest absolute Gasteiger partial charge is 0.462 e. The summed E-state index contributed by atoms with van der Waals surface area (Å²) < 4.78 is 43.5. The van der Waals surface area contributed by atoms with Crippen LogP contribution in [0, 0.1) is 0 Å². The molecule has 1 saturated heterocycles. The SMILES string of the molecule is CCC[C@H](C)OC(=O)[C@H](C)NP(=O)(OC[C@H]1OC[C@@H](n2ccc(N)nc2=O)O1)Oc1ccc(Br)cc1. The van der Waals surface area contributed by atoms with Gasteiger partial charge in [-0.15, -0.1) is 0 Å². The van der Waals surface area contributed by atoms with E-state index in [2.05, 4.69) is 26.0 Å². The van der Waals surface area contributed by atoms with Gasteiger partial charge in [-0.05, 0) is 50.6 Å². The van der Waals surface area contributed by atoms with Crippen molar-refractivity contribution < 1.29 is 32.6 Å². The number of nitrogen functional groups attached to an aromatic ring is 1. The lowest BCUT2D eigenvalue weighted by atomic mass is 10.2. The van der Waals surface area contributed by atoms with Gasteiger partial charge in [0.15, 0.2) is 12.5 Å². The van der Waals surface area contributed by atoms with Crippen molar-refractivity contribution in [2.24, 2.45) is 0 Å². The standard InChI is InChI=1S/C22H30BrN4O8P/c1-4-5-14(2)33-21(28)15(3)26-36(30,35-17-8-6-16(23)7-9-17)32-13-20-31-12-19(34-20)27-11-10-18(24)25-22(27)29/h6-11,14-15,19-20H,4-5,12-13H2,1-3H3,(H,26,30)(H2,24,25,29)/t14-,15-,19-,20-,36?/m0/s1. The molecule has 0 radical (unpaired) electrons. The number of halogens is 1. The van der Waals surface area contributed by atoms with E-state index in [0.717, 1.165) is 10.9 Å². The Bertz CT molecular complexity index is 1130. The predicted octanol–water partition coefficient (Wildman–Crippen LogP) is 3.37. The molecular formula is C22H30BrN4O8P. The van der Waals surface area contributed by atoms with Gasteiger partial charge in [0, 0.05) is 10.7 Å². The van der Waals surface area contributed by atoms with Gasteiger partial charge in [0.2, 0.25) is 0 Å². The number of esters is 1. The van der Waals surface area contributed by atoms with Gasteiger partial charge in [0.05, 0.1) is 12.7 Å². The summed E-state index contributed by atoms with van der Waals surface area (Å²) in [5.74, 6) is -0.258. The Labute approximate surface area is 217 Å². The van der Waals surface area contributed by atoms with Crippen molar-refractivity contribution in [3.05, 3.63) is 51.5 Å². The molecule has 1 aliphatic heterocycles. The zero-order valence-electron chi connectivity index (χ0n) is 20.2. The maximum absolute atomic E-state index is 13.6. The molecule has 1 aromatic heterocycles. The summed E-state index contributed by atoms with van der Waals surface area (Å²) in [6.45, 7) is 4.99. The summed E-state index contributed by atoms with van der Waals surface area (Å²) in [5, 5.41) is 2.62. The molecule has 1 fully saturated rings. The van der Waals surface area contributed by atoms with Crippen LogP contribution in [0.5, 0.6) is 5.75 Å². The van der Waals surface area contributed by atoms with Crippen LogP contribution in [0.1, 0.15) is 39.8 Å². The lowest BCUT2D eigenvalue weighted by Crippen LogP contribution is -2.37. The molecule has 2 heterocycles. The minimum absolute atomic E-state index is 0.0306. The Kier molecular flexibility index (Phi) is 10.1. The number of anilines is 1. The molecule has 3 rings (SSSR count). The average molecular weight is 589 g/mol. The molecule has 0 amide bonds. The molecule has 0 aliphatic carbocycles. The molecule has 14 heteroatoms. The lowest BCUT2D eigenvalue weighted by Gasteiger charge is -2.24. The monoisotopic (exact) mass is 588 g/mol. The van der Waals surface area contributed by atoms with Crippen molar-refractivity contribution in [1.29, 1.82) is 0 Å². The molecule has 36 heavy (non-hydrogen) atoms. The molecular weight excluding hydrogens is 559 g/mol. The van der Waals surface area contributed by atoms with Gasteiger partial charge in [0.25, 0.3) is 0 Å². The molecule has 3 N–H and O–H groups in total. The van der Waals surface area contributed by atoms with E-state index < -0.39 is 38.0 Å². The van der Waals surface area contributed by atoms with E-state index in [0.29, 0.717) is 6.42 Å². The van der Waals surface area contributed by atoms with Crippen molar-refractivity contribution >= 4 is 35.5 Å². The molecule has 1 aromatic carbocycles. The van der Waals surface area contributed by atoms with Crippen molar-refractivity contribution in [3.8, 4) is 5.75 Å². The van der Waals surface area contributed by atoms with E-state index in [1.54, 1.807) is 31.2 Å². The van der Waals surface area contributed by atoms with E-state index in [-0.39, 0.29) is 30.9 Å². The van der Waals surface area contributed by atoms with Crippen LogP contribution in [0.4, 0.5) is 5.82 Å². The minimum Gasteiger partial charge on any atom is -0.462 e. The summed E-state index contributed by atoms with van der Waals surface area (Å²) >= 11 is 3.33. The maximum Gasteiger partial charge on any atom is 0.459 e. The van der Waals surface area contributed by atoms with Crippen LogP contribution in [-0.2, 0) is 28.1 Å². The number of hydrogen-bond acceptors (Lipinski definition) is 10. The zero-order valence-corrected chi connectivity index (χ0v) is 22.6. The minimum atomic E-state index is -4.11. The highest BCUT2D eigenvalue weighted by Crippen LogP contribution is 2.45. The first-order chi connectivity index (χ1) is 17.1. The second-order valence-electron chi connectivity index (χ2n) is 8.12. The topological polar surface area (TPSA) is 153 Å². The fraction of sp³-hybridized carbons (Fsp3) is 0.500. The maximum atomic E-state index is 13.6. The van der Waals surface area contributed by atoms with E-state index >= 15 is 0 Å². The van der Waals surface area contributed by atoms with E-state index in [1.165, 1.54) is 23.8 Å². The molecule has 1 unspecified atom stereocenters. The summed E-state index contributed by atoms with van der Waals surface area (Å²) in [5.41, 5.74) is 4.92. The Hall–Kier alpha value is -2.28. The number of nitrogens with two attached hydrogens (primary N) is 1. The first-order valence-corrected chi connectivity index (χ1v) is 13.7. The van der Waals surface area contributed by atoms with Gasteiger partial charge in [-0.2, -0.15) is 10.1 Å². The first kappa shape index (κ1) is 28.3. The number of aromatic nitrogens is 2. The summed E-state index contributed by atoms with van der Waals surface area (Å²) in [6.07, 6.45) is 0.973. The fourth-order valence-electron chi connectivity index (χ4n) is 3.26. The van der Waals surface area contributed by atoms with Crippen molar-refractivity contribution in [2.45, 2.75) is 58.3 Å². The van der Waals surface area contributed by atoms with Crippen molar-refractivity contribution in [3.63, 3.8) is 0 Å². The molecule has 198 valence electrons. The predicted molar refractivity (Wildman–Crippen MR) is 134 cm³/mol. The van der Waals surface area contributed by atoms with Gasteiger partial charge >= 0.3 is 19.4 Å². The smallest absolute Gasteiger partial charge is 0.459 e. The highest BCUT2D eigenvalue weighted by atomic mass is 79.9. The first-order valence-electron chi connectivity index (χ1n) is 11.4. The van der Waals surface area contributed by atoms with Gasteiger partial charge < -0.3 is 24.5 Å². The van der Waals surface area contributed by atoms with Crippen LogP contribution in [0.2, 0.25) is 0 Å². The second-order valence-corrected chi connectivity index (χ2v) is 10.7. The Morgan fingerprint density at radius 1 is 1.33 bits per heavy atom. The fourth-order valence-corrected chi connectivity index (χ4v) is 5.00. The summed E-state index contributed by atoms with van der Waals surface area (Å²) in [6, 6.07) is 7.05. The van der Waals surface area contributed by atoms with Crippen LogP contribution < -0.4 is 21.0 Å². The number of carbonyl (C=O) groups is 1. The number of benzene rings is 1. The van der Waals surface area contributed by atoms with Crippen LogP contribution >= 0.6 is 23.7 Å². The number of carbonyl (C=O) groups excluding carboxylic acids is 1. The Balaban J connectivity index is 1.67. The van der Waals surface area contributed by atoms with Crippen LogP contribution in [-0.4, -0.2) is 47.2 Å².